The van der Waals surface area contributed by atoms with Gasteiger partial charge in [-0.1, -0.05) is 12.8 Å². The molecular weight excluding hydrogens is 208 g/mol. The van der Waals surface area contributed by atoms with Crippen molar-refractivity contribution in [2.45, 2.75) is 50.6 Å². The lowest BCUT2D eigenvalue weighted by Crippen LogP contribution is -2.49. The summed E-state index contributed by atoms with van der Waals surface area (Å²) in [5.41, 5.74) is 0. The molecular formula is C11H18N2O3. The van der Waals surface area contributed by atoms with Gasteiger partial charge in [0.15, 0.2) is 0 Å². The lowest BCUT2D eigenvalue weighted by atomic mass is 10.2. The average molecular weight is 226 g/mol. The molecule has 0 saturated heterocycles. The molecule has 0 heterocycles. The largest absolute Gasteiger partial charge is 0.480 e. The number of hydrogen-bond acceptors (Lipinski definition) is 2. The Labute approximate surface area is 94.6 Å². The predicted octanol–water partition coefficient (Wildman–Crippen LogP) is 1.09. The van der Waals surface area contributed by atoms with Crippen LogP contribution in [0, 0.1) is 5.92 Å². The van der Waals surface area contributed by atoms with Crippen LogP contribution in [0.1, 0.15) is 38.5 Å². The number of nitrogens with one attached hydrogen (secondary N) is 2. The van der Waals surface area contributed by atoms with Crippen LogP contribution in [0.15, 0.2) is 0 Å². The zero-order valence-corrected chi connectivity index (χ0v) is 9.24. The maximum absolute atomic E-state index is 11.6. The summed E-state index contributed by atoms with van der Waals surface area (Å²) in [4.78, 5) is 22.5. The lowest BCUT2D eigenvalue weighted by molar-refractivity contribution is -0.139. The van der Waals surface area contributed by atoms with E-state index in [9.17, 15) is 9.59 Å². The van der Waals surface area contributed by atoms with Gasteiger partial charge in [-0.2, -0.15) is 0 Å². The predicted molar refractivity (Wildman–Crippen MR) is 58.1 cm³/mol. The van der Waals surface area contributed by atoms with E-state index >= 15 is 0 Å². The number of carboxylic acids is 1. The van der Waals surface area contributed by atoms with Crippen LogP contribution < -0.4 is 10.6 Å². The van der Waals surface area contributed by atoms with Crippen LogP contribution in [0.2, 0.25) is 0 Å². The Morgan fingerprint density at radius 3 is 2.25 bits per heavy atom. The molecule has 0 aromatic rings. The normalized spacial score (nSPS) is 22.8. The van der Waals surface area contributed by atoms with Crippen LogP contribution in [0.4, 0.5) is 4.79 Å². The summed E-state index contributed by atoms with van der Waals surface area (Å²) in [6, 6.07) is -0.804. The lowest BCUT2D eigenvalue weighted by Gasteiger charge is -2.17. The van der Waals surface area contributed by atoms with Crippen molar-refractivity contribution in [2.24, 2.45) is 5.92 Å². The van der Waals surface area contributed by atoms with Gasteiger partial charge in [-0.25, -0.2) is 9.59 Å². The summed E-state index contributed by atoms with van der Waals surface area (Å²) in [7, 11) is 0. The third-order valence-corrected chi connectivity index (χ3v) is 3.34. The minimum atomic E-state index is -0.927. The number of carbonyl (C=O) groups excluding carboxylic acids is 1. The van der Waals surface area contributed by atoms with Crippen molar-refractivity contribution in [3.8, 4) is 0 Å². The molecule has 5 heteroatoms. The van der Waals surface area contributed by atoms with Crippen molar-refractivity contribution in [1.29, 1.82) is 0 Å². The van der Waals surface area contributed by atoms with Crippen molar-refractivity contribution in [2.75, 3.05) is 0 Å². The first kappa shape index (κ1) is 11.2. The zero-order valence-electron chi connectivity index (χ0n) is 9.24. The second kappa shape index (κ2) is 4.72. The van der Waals surface area contributed by atoms with E-state index in [1.54, 1.807) is 0 Å². The fourth-order valence-electron chi connectivity index (χ4n) is 2.25. The molecule has 3 N–H and O–H groups in total. The third-order valence-electron chi connectivity index (χ3n) is 3.34. The number of rotatable bonds is 4. The van der Waals surface area contributed by atoms with E-state index in [1.165, 1.54) is 0 Å². The van der Waals surface area contributed by atoms with Crippen molar-refractivity contribution in [3.63, 3.8) is 0 Å². The van der Waals surface area contributed by atoms with Gasteiger partial charge >= 0.3 is 12.0 Å². The van der Waals surface area contributed by atoms with E-state index < -0.39 is 12.0 Å². The quantitative estimate of drug-likeness (QED) is 0.671. The standard InChI is InChI=1S/C11H18N2O3/c14-10(15)9(7-5-6-7)13-11(16)12-8-3-1-2-4-8/h7-9H,1-6H2,(H,14,15)(H2,12,13,16). The van der Waals surface area contributed by atoms with Crippen molar-refractivity contribution in [1.82, 2.24) is 10.6 Å². The van der Waals surface area contributed by atoms with Crippen LogP contribution in [0.3, 0.4) is 0 Å². The SMILES string of the molecule is O=C(NC1CCCC1)NC(C(=O)O)C1CC1. The number of urea groups is 1. The Morgan fingerprint density at radius 2 is 1.75 bits per heavy atom. The van der Waals surface area contributed by atoms with Gasteiger partial charge in [0.05, 0.1) is 0 Å². The molecule has 2 amide bonds. The van der Waals surface area contributed by atoms with Gasteiger partial charge in [-0.05, 0) is 31.6 Å². The van der Waals surface area contributed by atoms with Gasteiger partial charge in [-0.3, -0.25) is 0 Å². The molecule has 2 aliphatic rings. The number of hydrogen-bond donors (Lipinski definition) is 3. The fraction of sp³-hybridized carbons (Fsp3) is 0.818. The van der Waals surface area contributed by atoms with Gasteiger partial charge in [0.2, 0.25) is 0 Å². The summed E-state index contributed by atoms with van der Waals surface area (Å²) in [5, 5.41) is 14.3. The van der Waals surface area contributed by atoms with E-state index in [4.69, 9.17) is 5.11 Å². The van der Waals surface area contributed by atoms with Crippen molar-refractivity contribution < 1.29 is 14.7 Å². The van der Waals surface area contributed by atoms with E-state index in [0.717, 1.165) is 38.5 Å². The smallest absolute Gasteiger partial charge is 0.326 e. The third kappa shape index (κ3) is 2.87. The minimum Gasteiger partial charge on any atom is -0.480 e. The highest BCUT2D eigenvalue weighted by Crippen LogP contribution is 2.32. The topological polar surface area (TPSA) is 78.4 Å². The average Bonchev–Trinajstić information content (AvgIpc) is 2.94. The molecule has 2 saturated carbocycles. The maximum atomic E-state index is 11.6. The maximum Gasteiger partial charge on any atom is 0.326 e. The molecule has 2 aliphatic carbocycles. The molecule has 90 valence electrons. The molecule has 1 unspecified atom stereocenters. The number of carboxylic acid groups (broad SMARTS) is 1. The molecule has 2 fully saturated rings. The fourth-order valence-corrected chi connectivity index (χ4v) is 2.25. The Balaban J connectivity index is 1.77. The second-order valence-electron chi connectivity index (χ2n) is 4.75. The highest BCUT2D eigenvalue weighted by atomic mass is 16.4. The molecule has 0 spiro atoms. The first-order valence-corrected chi connectivity index (χ1v) is 5.96. The van der Waals surface area contributed by atoms with Crippen LogP contribution in [-0.4, -0.2) is 29.2 Å². The molecule has 0 radical (unpaired) electrons. The van der Waals surface area contributed by atoms with E-state index in [2.05, 4.69) is 10.6 Å². The molecule has 16 heavy (non-hydrogen) atoms. The molecule has 5 nitrogen and oxygen atoms in total. The Morgan fingerprint density at radius 1 is 1.12 bits per heavy atom. The van der Waals surface area contributed by atoms with Gasteiger partial charge in [0, 0.05) is 6.04 Å². The summed E-state index contributed by atoms with van der Waals surface area (Å²) in [6.07, 6.45) is 6.12. The molecule has 0 aromatic heterocycles. The molecule has 0 aromatic carbocycles. The highest BCUT2D eigenvalue weighted by Gasteiger charge is 2.37. The Kier molecular flexibility index (Phi) is 3.31. The van der Waals surface area contributed by atoms with Gasteiger partial charge < -0.3 is 15.7 Å². The molecule has 1 atom stereocenters. The summed E-state index contributed by atoms with van der Waals surface area (Å²) >= 11 is 0. The van der Waals surface area contributed by atoms with Crippen LogP contribution >= 0.6 is 0 Å². The van der Waals surface area contributed by atoms with Crippen LogP contribution in [0.25, 0.3) is 0 Å². The Bertz CT molecular complexity index is 283. The summed E-state index contributed by atoms with van der Waals surface area (Å²) in [6.45, 7) is 0. The summed E-state index contributed by atoms with van der Waals surface area (Å²) < 4.78 is 0. The summed E-state index contributed by atoms with van der Waals surface area (Å²) in [5.74, 6) is -0.795. The van der Waals surface area contributed by atoms with E-state index in [1.807, 2.05) is 0 Å². The minimum absolute atomic E-state index is 0.131. The second-order valence-corrected chi connectivity index (χ2v) is 4.75. The molecule has 2 rings (SSSR count). The zero-order chi connectivity index (χ0) is 11.5. The van der Waals surface area contributed by atoms with Crippen molar-refractivity contribution in [3.05, 3.63) is 0 Å². The molecule has 0 bridgehead atoms. The van der Waals surface area contributed by atoms with Gasteiger partial charge in [-0.15, -0.1) is 0 Å². The van der Waals surface area contributed by atoms with Crippen LogP contribution in [0.5, 0.6) is 0 Å². The van der Waals surface area contributed by atoms with E-state index in [0.29, 0.717) is 0 Å². The first-order chi connectivity index (χ1) is 7.66. The number of aliphatic carboxylic acids is 1. The van der Waals surface area contributed by atoms with Crippen molar-refractivity contribution >= 4 is 12.0 Å². The Hall–Kier alpha value is -1.26. The van der Waals surface area contributed by atoms with E-state index in [-0.39, 0.29) is 18.0 Å². The first-order valence-electron chi connectivity index (χ1n) is 5.96. The number of carbonyl (C=O) groups is 2. The van der Waals surface area contributed by atoms with Crippen LogP contribution in [-0.2, 0) is 4.79 Å². The highest BCUT2D eigenvalue weighted by molar-refractivity contribution is 5.83. The van der Waals surface area contributed by atoms with Gasteiger partial charge in [0.25, 0.3) is 0 Å². The van der Waals surface area contributed by atoms with Gasteiger partial charge in [0.1, 0.15) is 6.04 Å². The monoisotopic (exact) mass is 226 g/mol. The molecule has 0 aliphatic heterocycles. The number of amides is 2.